The van der Waals surface area contributed by atoms with E-state index in [0.29, 0.717) is 17.8 Å². The Labute approximate surface area is 196 Å². The topological polar surface area (TPSA) is 100 Å². The second-order valence-electron chi connectivity index (χ2n) is 7.24. The Balaban J connectivity index is 1.89. The van der Waals surface area contributed by atoms with Gasteiger partial charge in [-0.3, -0.25) is 4.31 Å². The number of halogens is 6. The summed E-state index contributed by atoms with van der Waals surface area (Å²) in [5, 5.41) is 5.21. The summed E-state index contributed by atoms with van der Waals surface area (Å²) in [5.74, 6) is -0.0685. The van der Waals surface area contributed by atoms with Gasteiger partial charge in [-0.05, 0) is 18.2 Å². The lowest BCUT2D eigenvalue weighted by Gasteiger charge is -2.20. The van der Waals surface area contributed by atoms with Gasteiger partial charge in [-0.15, -0.1) is 0 Å². The fraction of sp³-hybridized carbons (Fsp3) is 0.250. The molecule has 0 aromatic carbocycles. The van der Waals surface area contributed by atoms with Crippen LogP contribution in [-0.4, -0.2) is 36.7 Å². The van der Waals surface area contributed by atoms with Gasteiger partial charge in [-0.25, -0.2) is 23.4 Å². The molecule has 0 atom stereocenters. The Morgan fingerprint density at radius 1 is 0.971 bits per heavy atom. The van der Waals surface area contributed by atoms with E-state index >= 15 is 0 Å². The van der Waals surface area contributed by atoms with Crippen molar-refractivity contribution in [2.75, 3.05) is 28.2 Å². The highest BCUT2D eigenvalue weighted by Crippen LogP contribution is 2.36. The number of sulfonamides is 1. The maximum atomic E-state index is 13.5. The highest BCUT2D eigenvalue weighted by molar-refractivity contribution is 7.92. The van der Waals surface area contributed by atoms with Crippen LogP contribution in [0.4, 0.5) is 49.4 Å². The van der Waals surface area contributed by atoms with E-state index < -0.39 is 39.3 Å². The molecule has 0 aliphatic heterocycles. The zero-order valence-corrected chi connectivity index (χ0v) is 18.9. The molecule has 35 heavy (non-hydrogen) atoms. The lowest BCUT2D eigenvalue weighted by atomic mass is 10.2. The molecule has 0 bridgehead atoms. The van der Waals surface area contributed by atoms with Crippen molar-refractivity contribution < 1.29 is 34.8 Å². The minimum Gasteiger partial charge on any atom is -0.380 e. The predicted molar refractivity (Wildman–Crippen MR) is 117 cm³/mol. The SMILES string of the molecule is CN(c1ncccc1CNc1cc(Nc2ccc(C(F)(F)F)nc2)ncc1C(F)(F)F)S(C)(=O)=O. The Hall–Kier alpha value is -3.62. The number of rotatable bonds is 7. The van der Waals surface area contributed by atoms with Gasteiger partial charge in [0.15, 0.2) is 0 Å². The van der Waals surface area contributed by atoms with Gasteiger partial charge in [0.2, 0.25) is 10.0 Å². The number of hydrogen-bond donors (Lipinski definition) is 2. The Kier molecular flexibility index (Phi) is 7.10. The van der Waals surface area contributed by atoms with E-state index in [1.54, 1.807) is 0 Å². The Morgan fingerprint density at radius 3 is 2.26 bits per heavy atom. The van der Waals surface area contributed by atoms with Gasteiger partial charge in [0.05, 0.1) is 29.4 Å². The van der Waals surface area contributed by atoms with Gasteiger partial charge < -0.3 is 10.6 Å². The molecule has 0 saturated heterocycles. The Bertz CT molecular complexity index is 1300. The van der Waals surface area contributed by atoms with Crippen molar-refractivity contribution in [3.63, 3.8) is 0 Å². The summed E-state index contributed by atoms with van der Waals surface area (Å²) in [4.78, 5) is 11.0. The highest BCUT2D eigenvalue weighted by atomic mass is 32.2. The average molecular weight is 520 g/mol. The van der Waals surface area contributed by atoms with Crippen molar-refractivity contribution in [2.45, 2.75) is 18.9 Å². The number of nitrogens with one attached hydrogen (secondary N) is 2. The highest BCUT2D eigenvalue weighted by Gasteiger charge is 2.35. The summed E-state index contributed by atoms with van der Waals surface area (Å²) in [6.45, 7) is -0.225. The monoisotopic (exact) mass is 520 g/mol. The van der Waals surface area contributed by atoms with E-state index in [4.69, 9.17) is 0 Å². The van der Waals surface area contributed by atoms with Crippen molar-refractivity contribution >= 4 is 33.0 Å². The number of pyridine rings is 3. The quantitative estimate of drug-likeness (QED) is 0.437. The van der Waals surface area contributed by atoms with Crippen LogP contribution in [0.2, 0.25) is 0 Å². The van der Waals surface area contributed by atoms with Crippen LogP contribution in [0, 0.1) is 0 Å². The van der Waals surface area contributed by atoms with Gasteiger partial charge in [-0.2, -0.15) is 26.3 Å². The van der Waals surface area contributed by atoms with E-state index in [0.717, 1.165) is 28.9 Å². The van der Waals surface area contributed by atoms with Crippen LogP contribution in [0.5, 0.6) is 0 Å². The van der Waals surface area contributed by atoms with Crippen LogP contribution < -0.4 is 14.9 Å². The van der Waals surface area contributed by atoms with Gasteiger partial charge in [0.1, 0.15) is 17.3 Å². The number of nitrogens with zero attached hydrogens (tertiary/aromatic N) is 4. The molecular formula is C20H18F6N6O2S. The van der Waals surface area contributed by atoms with Crippen LogP contribution in [0.15, 0.2) is 48.9 Å². The molecule has 0 amide bonds. The first kappa shape index (κ1) is 26.0. The van der Waals surface area contributed by atoms with Crippen LogP contribution in [0.3, 0.4) is 0 Å². The van der Waals surface area contributed by atoms with Gasteiger partial charge >= 0.3 is 12.4 Å². The van der Waals surface area contributed by atoms with Crippen molar-refractivity contribution in [3.8, 4) is 0 Å². The molecule has 0 unspecified atom stereocenters. The number of alkyl halides is 6. The summed E-state index contributed by atoms with van der Waals surface area (Å²) in [7, 11) is -2.42. The fourth-order valence-corrected chi connectivity index (χ4v) is 3.36. The van der Waals surface area contributed by atoms with Crippen molar-refractivity contribution in [1.82, 2.24) is 15.0 Å². The molecule has 8 nitrogen and oxygen atoms in total. The first-order valence-corrected chi connectivity index (χ1v) is 11.5. The van der Waals surface area contributed by atoms with Crippen LogP contribution >= 0.6 is 0 Å². The molecule has 2 N–H and O–H groups in total. The zero-order chi connectivity index (χ0) is 26.0. The molecule has 3 aromatic rings. The molecule has 15 heteroatoms. The van der Waals surface area contributed by atoms with E-state index in [1.165, 1.54) is 25.4 Å². The first-order valence-electron chi connectivity index (χ1n) is 9.65. The summed E-state index contributed by atoms with van der Waals surface area (Å²) >= 11 is 0. The van der Waals surface area contributed by atoms with Crippen LogP contribution in [0.25, 0.3) is 0 Å². The fourth-order valence-electron chi connectivity index (χ4n) is 2.88. The molecule has 3 aromatic heterocycles. The lowest BCUT2D eigenvalue weighted by molar-refractivity contribution is -0.141. The van der Waals surface area contributed by atoms with Crippen molar-refractivity contribution in [1.29, 1.82) is 0 Å². The van der Waals surface area contributed by atoms with E-state index in [2.05, 4.69) is 25.6 Å². The molecule has 0 aliphatic carbocycles. The third-order valence-corrected chi connectivity index (χ3v) is 5.84. The maximum absolute atomic E-state index is 13.5. The summed E-state index contributed by atoms with van der Waals surface area (Å²) in [5.41, 5.74) is -2.26. The average Bonchev–Trinajstić information content (AvgIpc) is 2.76. The third kappa shape index (κ3) is 6.49. The first-order chi connectivity index (χ1) is 16.2. The molecule has 0 aliphatic rings. The minimum absolute atomic E-state index is 0.0271. The van der Waals surface area contributed by atoms with Crippen LogP contribution in [-0.2, 0) is 28.9 Å². The number of hydrogen-bond acceptors (Lipinski definition) is 7. The van der Waals surface area contributed by atoms with Crippen molar-refractivity contribution in [2.24, 2.45) is 0 Å². The third-order valence-electron chi connectivity index (χ3n) is 4.67. The summed E-state index contributed by atoms with van der Waals surface area (Å²) in [6.07, 6.45) is -5.68. The molecule has 188 valence electrons. The minimum atomic E-state index is -4.77. The molecule has 0 fully saturated rings. The van der Waals surface area contributed by atoms with Crippen molar-refractivity contribution in [3.05, 3.63) is 65.7 Å². The van der Waals surface area contributed by atoms with Crippen LogP contribution in [0.1, 0.15) is 16.8 Å². The smallest absolute Gasteiger partial charge is 0.380 e. The molecule has 3 heterocycles. The molecule has 0 spiro atoms. The molecular weight excluding hydrogens is 502 g/mol. The molecule has 0 saturated carbocycles. The standard InChI is InChI=1S/C20H18F6N6O2S/c1-32(35(2,33)34)18-12(4-3-7-27-18)9-28-15-8-17(30-11-14(15)19(21,22)23)31-13-5-6-16(29-10-13)20(24,25)26/h3-8,10-11H,9H2,1-2H3,(H2,28,30,31). The normalized spacial score (nSPS) is 12.3. The second kappa shape index (κ2) is 9.56. The largest absolute Gasteiger partial charge is 0.433 e. The maximum Gasteiger partial charge on any atom is 0.433 e. The number of anilines is 4. The number of aromatic nitrogens is 3. The summed E-state index contributed by atoms with van der Waals surface area (Å²) < 4.78 is 103. The Morgan fingerprint density at radius 2 is 1.69 bits per heavy atom. The van der Waals surface area contributed by atoms with Gasteiger partial charge in [0.25, 0.3) is 0 Å². The lowest BCUT2D eigenvalue weighted by Crippen LogP contribution is -2.27. The zero-order valence-electron chi connectivity index (χ0n) is 18.1. The predicted octanol–water partition coefficient (Wildman–Crippen LogP) is 4.66. The van der Waals surface area contributed by atoms with E-state index in [1.807, 2.05) is 0 Å². The molecule has 0 radical (unpaired) electrons. The summed E-state index contributed by atoms with van der Waals surface area (Å²) in [6, 6.07) is 5.80. The van der Waals surface area contributed by atoms with Gasteiger partial charge in [0, 0.05) is 37.6 Å². The van der Waals surface area contributed by atoms with E-state index in [9.17, 15) is 34.8 Å². The van der Waals surface area contributed by atoms with Gasteiger partial charge in [-0.1, -0.05) is 6.07 Å². The molecule has 3 rings (SSSR count). The van der Waals surface area contributed by atoms with E-state index in [-0.39, 0.29) is 23.9 Å². The second-order valence-corrected chi connectivity index (χ2v) is 9.25.